The molecule has 0 saturated heterocycles. The lowest BCUT2D eigenvalue weighted by molar-refractivity contribution is -0.384. The van der Waals surface area contributed by atoms with Gasteiger partial charge in [-0.2, -0.15) is 0 Å². The minimum Gasteiger partial charge on any atom is -0.398 e. The standard InChI is InChI=1S/C8H8IN3O3/c1-4(13)11-7-3-6(10)5(9)2-8(7)12(14)15/h2-3H,10H2,1H3,(H,11,13). The lowest BCUT2D eigenvalue weighted by Gasteiger charge is -2.05. The zero-order valence-electron chi connectivity index (χ0n) is 7.78. The van der Waals surface area contributed by atoms with Crippen LogP contribution in [-0.4, -0.2) is 10.8 Å². The van der Waals surface area contributed by atoms with Gasteiger partial charge in [-0.1, -0.05) is 0 Å². The van der Waals surface area contributed by atoms with E-state index < -0.39 is 4.92 Å². The number of nitrogens with two attached hydrogens (primary N) is 1. The smallest absolute Gasteiger partial charge is 0.293 e. The summed E-state index contributed by atoms with van der Waals surface area (Å²) in [6.07, 6.45) is 0. The Morgan fingerprint density at radius 1 is 1.60 bits per heavy atom. The van der Waals surface area contributed by atoms with E-state index in [4.69, 9.17) is 5.73 Å². The van der Waals surface area contributed by atoms with E-state index in [0.29, 0.717) is 9.26 Å². The molecule has 1 aromatic rings. The van der Waals surface area contributed by atoms with Crippen molar-refractivity contribution in [3.05, 3.63) is 25.8 Å². The number of nitrogen functional groups attached to an aromatic ring is 1. The number of hydrogen-bond acceptors (Lipinski definition) is 4. The van der Waals surface area contributed by atoms with E-state index in [9.17, 15) is 14.9 Å². The van der Waals surface area contributed by atoms with Crippen molar-refractivity contribution >= 4 is 45.6 Å². The highest BCUT2D eigenvalue weighted by molar-refractivity contribution is 14.1. The third-order valence-corrected chi connectivity index (χ3v) is 2.56. The fraction of sp³-hybridized carbons (Fsp3) is 0.125. The van der Waals surface area contributed by atoms with Crippen LogP contribution in [0.25, 0.3) is 0 Å². The average Bonchev–Trinajstić information content (AvgIpc) is 2.09. The first kappa shape index (κ1) is 11.7. The number of hydrogen-bond donors (Lipinski definition) is 2. The Balaban J connectivity index is 3.28. The van der Waals surface area contributed by atoms with Crippen LogP contribution in [0, 0.1) is 13.7 Å². The van der Waals surface area contributed by atoms with Gasteiger partial charge in [0.25, 0.3) is 5.69 Å². The van der Waals surface area contributed by atoms with Crippen LogP contribution >= 0.6 is 22.6 Å². The van der Waals surface area contributed by atoms with Gasteiger partial charge >= 0.3 is 0 Å². The van der Waals surface area contributed by atoms with Gasteiger partial charge in [-0.05, 0) is 28.7 Å². The van der Waals surface area contributed by atoms with Crippen LogP contribution in [0.1, 0.15) is 6.92 Å². The van der Waals surface area contributed by atoms with Gasteiger partial charge in [0.05, 0.1) is 4.92 Å². The number of nitro groups is 1. The Labute approximate surface area is 99.1 Å². The van der Waals surface area contributed by atoms with Crippen molar-refractivity contribution in [3.63, 3.8) is 0 Å². The van der Waals surface area contributed by atoms with E-state index in [2.05, 4.69) is 5.32 Å². The molecule has 0 aliphatic heterocycles. The Bertz CT molecular complexity index is 433. The van der Waals surface area contributed by atoms with Crippen LogP contribution in [0.15, 0.2) is 12.1 Å². The minimum absolute atomic E-state index is 0.116. The molecule has 0 unspecified atom stereocenters. The number of nitrogens with zero attached hydrogens (tertiary/aromatic N) is 1. The molecular formula is C8H8IN3O3. The fourth-order valence-corrected chi connectivity index (χ4v) is 1.47. The summed E-state index contributed by atoms with van der Waals surface area (Å²) < 4.78 is 0.577. The van der Waals surface area contributed by atoms with Crippen molar-refractivity contribution in [2.45, 2.75) is 6.92 Å². The zero-order chi connectivity index (χ0) is 11.6. The van der Waals surface area contributed by atoms with Crippen molar-refractivity contribution in [1.29, 1.82) is 0 Å². The Hall–Kier alpha value is -1.38. The molecule has 6 nitrogen and oxygen atoms in total. The lowest BCUT2D eigenvalue weighted by Crippen LogP contribution is -2.09. The molecule has 7 heteroatoms. The third-order valence-electron chi connectivity index (χ3n) is 1.62. The summed E-state index contributed by atoms with van der Waals surface area (Å²) in [6.45, 7) is 1.28. The van der Waals surface area contributed by atoms with Gasteiger partial charge in [0.15, 0.2) is 0 Å². The van der Waals surface area contributed by atoms with Gasteiger partial charge < -0.3 is 11.1 Å². The van der Waals surface area contributed by atoms with Crippen LogP contribution in [0.3, 0.4) is 0 Å². The molecule has 0 heterocycles. The molecule has 0 aliphatic rings. The number of nitrogens with one attached hydrogen (secondary N) is 1. The van der Waals surface area contributed by atoms with E-state index in [1.54, 1.807) is 0 Å². The number of nitro benzene ring substituents is 1. The number of carbonyl (C=O) groups excluding carboxylic acids is 1. The quantitative estimate of drug-likeness (QED) is 0.375. The first-order valence-electron chi connectivity index (χ1n) is 3.93. The maximum Gasteiger partial charge on any atom is 0.293 e. The molecule has 0 atom stereocenters. The van der Waals surface area contributed by atoms with Gasteiger partial charge in [0.2, 0.25) is 5.91 Å². The first-order chi connectivity index (χ1) is 6.91. The van der Waals surface area contributed by atoms with Gasteiger partial charge in [-0.15, -0.1) is 0 Å². The van der Waals surface area contributed by atoms with Gasteiger partial charge in [0.1, 0.15) is 5.69 Å². The molecule has 1 aromatic carbocycles. The van der Waals surface area contributed by atoms with Crippen LogP contribution in [0.5, 0.6) is 0 Å². The average molecular weight is 321 g/mol. The van der Waals surface area contributed by atoms with Crippen LogP contribution in [0.2, 0.25) is 0 Å². The predicted octanol–water partition coefficient (Wildman–Crippen LogP) is 1.74. The topological polar surface area (TPSA) is 98.3 Å². The molecule has 0 saturated carbocycles. The maximum atomic E-state index is 10.8. The third kappa shape index (κ3) is 2.78. The van der Waals surface area contributed by atoms with Gasteiger partial charge in [-0.25, -0.2) is 0 Å². The number of rotatable bonds is 2. The van der Waals surface area contributed by atoms with E-state index in [1.807, 2.05) is 22.6 Å². The number of anilines is 2. The highest BCUT2D eigenvalue weighted by Crippen LogP contribution is 2.30. The Kier molecular flexibility index (Phi) is 3.45. The second-order valence-electron chi connectivity index (χ2n) is 2.83. The summed E-state index contributed by atoms with van der Waals surface area (Å²) in [7, 11) is 0. The fourth-order valence-electron chi connectivity index (χ4n) is 1.02. The van der Waals surface area contributed by atoms with E-state index in [0.717, 1.165) is 0 Å². The largest absolute Gasteiger partial charge is 0.398 e. The predicted molar refractivity (Wildman–Crippen MR) is 64.5 cm³/mol. The second kappa shape index (κ2) is 4.43. The molecule has 1 amide bonds. The summed E-state index contributed by atoms with van der Waals surface area (Å²) in [5.41, 5.74) is 5.93. The first-order valence-corrected chi connectivity index (χ1v) is 5.00. The second-order valence-corrected chi connectivity index (χ2v) is 3.99. The van der Waals surface area contributed by atoms with Crippen LogP contribution in [-0.2, 0) is 4.79 Å². The normalized spacial score (nSPS) is 9.73. The maximum absolute atomic E-state index is 10.8. The molecule has 0 fully saturated rings. The molecular weight excluding hydrogens is 313 g/mol. The number of benzene rings is 1. The highest BCUT2D eigenvalue weighted by atomic mass is 127. The monoisotopic (exact) mass is 321 g/mol. The molecule has 80 valence electrons. The lowest BCUT2D eigenvalue weighted by atomic mass is 10.2. The van der Waals surface area contributed by atoms with Crippen molar-refractivity contribution in [1.82, 2.24) is 0 Å². The number of halogens is 1. The van der Waals surface area contributed by atoms with Crippen molar-refractivity contribution < 1.29 is 9.72 Å². The van der Waals surface area contributed by atoms with Gasteiger partial charge in [-0.3, -0.25) is 14.9 Å². The van der Waals surface area contributed by atoms with Crippen molar-refractivity contribution in [2.24, 2.45) is 0 Å². The van der Waals surface area contributed by atoms with Crippen LogP contribution in [0.4, 0.5) is 17.1 Å². The number of amides is 1. The summed E-state index contributed by atoms with van der Waals surface area (Å²) >= 11 is 1.89. The molecule has 0 spiro atoms. The van der Waals surface area contributed by atoms with E-state index >= 15 is 0 Å². The van der Waals surface area contributed by atoms with Gasteiger partial charge in [0, 0.05) is 22.2 Å². The number of carbonyl (C=O) groups is 1. The Morgan fingerprint density at radius 2 is 2.20 bits per heavy atom. The SMILES string of the molecule is CC(=O)Nc1cc(N)c(I)cc1[N+](=O)[O-]. The van der Waals surface area contributed by atoms with E-state index in [1.165, 1.54) is 19.1 Å². The molecule has 0 aliphatic carbocycles. The summed E-state index contributed by atoms with van der Waals surface area (Å²) in [5, 5.41) is 13.0. The molecule has 3 N–H and O–H groups in total. The molecule has 0 bridgehead atoms. The minimum atomic E-state index is -0.563. The Morgan fingerprint density at radius 3 is 2.67 bits per heavy atom. The molecule has 0 aromatic heterocycles. The van der Waals surface area contributed by atoms with Crippen molar-refractivity contribution in [2.75, 3.05) is 11.1 Å². The van der Waals surface area contributed by atoms with Crippen molar-refractivity contribution in [3.8, 4) is 0 Å². The highest BCUT2D eigenvalue weighted by Gasteiger charge is 2.16. The summed E-state index contributed by atoms with van der Waals surface area (Å²) in [6, 6.07) is 2.70. The molecule has 15 heavy (non-hydrogen) atoms. The molecule has 0 radical (unpaired) electrons. The summed E-state index contributed by atoms with van der Waals surface area (Å²) in [5.74, 6) is -0.376. The molecule has 1 rings (SSSR count). The zero-order valence-corrected chi connectivity index (χ0v) is 9.94. The van der Waals surface area contributed by atoms with Crippen LogP contribution < -0.4 is 11.1 Å². The van der Waals surface area contributed by atoms with E-state index in [-0.39, 0.29) is 17.3 Å². The summed E-state index contributed by atoms with van der Waals surface area (Å²) in [4.78, 5) is 20.9.